The Morgan fingerprint density at radius 2 is 1.72 bits per heavy atom. The first-order valence-electron chi connectivity index (χ1n) is 14.5. The minimum absolute atomic E-state index is 0.213. The zero-order valence-electron chi connectivity index (χ0n) is 23.3. The molecule has 0 N–H and O–H groups in total. The number of ether oxygens (including phenoxy) is 2. The first-order valence-corrected chi connectivity index (χ1v) is 14.5. The van der Waals surface area contributed by atoms with Gasteiger partial charge in [0.25, 0.3) is 0 Å². The fourth-order valence-electron chi connectivity index (χ4n) is 9.09. The molecule has 6 atom stereocenters. The van der Waals surface area contributed by atoms with Crippen LogP contribution in [0.4, 0.5) is 9.59 Å². The van der Waals surface area contributed by atoms with E-state index in [0.29, 0.717) is 37.0 Å². The largest absolute Gasteiger partial charge is 0.453 e. The number of hydrogen-bond acceptors (Lipinski definition) is 6. The van der Waals surface area contributed by atoms with Crippen molar-refractivity contribution < 1.29 is 23.5 Å². The summed E-state index contributed by atoms with van der Waals surface area (Å²) < 4.78 is 11.1. The molecule has 0 radical (unpaired) electrons. The number of carbonyl (C=O) groups excluding carboxylic acids is 2. The molecule has 2 unspecified atom stereocenters. The van der Waals surface area contributed by atoms with E-state index in [-0.39, 0.29) is 17.7 Å². The molecule has 0 aromatic heterocycles. The van der Waals surface area contributed by atoms with Crippen molar-refractivity contribution in [2.24, 2.45) is 10.9 Å². The molecule has 9 heteroatoms. The number of benzene rings is 1. The maximum absolute atomic E-state index is 12.5. The number of hydrogen-bond donors (Lipinski definition) is 0. The van der Waals surface area contributed by atoms with Crippen LogP contribution in [0.5, 0.6) is 0 Å². The SMILES string of the molecule is COC(=O)N1CCC2=C(C1)N=C(C)[N+]21CC12C[C@H]1CC[C@@H](C2)N1C[C@H]1CN(C(=O)OC)C[C@@H]1c1ccccc1. The Morgan fingerprint density at radius 1 is 1.03 bits per heavy atom. The number of methoxy groups -OCH3 is 2. The van der Waals surface area contributed by atoms with E-state index in [1.54, 1.807) is 4.90 Å². The number of fused-ring (bicyclic) bond motifs is 4. The average molecular weight is 535 g/mol. The highest BCUT2D eigenvalue weighted by Gasteiger charge is 2.78. The molecule has 39 heavy (non-hydrogen) atoms. The van der Waals surface area contributed by atoms with Crippen LogP contribution in [0.3, 0.4) is 0 Å². The zero-order valence-corrected chi connectivity index (χ0v) is 23.3. The molecule has 9 nitrogen and oxygen atoms in total. The Morgan fingerprint density at radius 3 is 2.41 bits per heavy atom. The lowest BCUT2D eigenvalue weighted by Gasteiger charge is -2.41. The Kier molecular flexibility index (Phi) is 5.83. The molecule has 6 aliphatic rings. The number of aliphatic imine (C=N–C) groups is 1. The number of quaternary nitrogens is 1. The predicted molar refractivity (Wildman–Crippen MR) is 146 cm³/mol. The molecule has 6 aliphatic heterocycles. The normalized spacial score (nSPS) is 36.9. The Bertz CT molecular complexity index is 1230. The van der Waals surface area contributed by atoms with Crippen LogP contribution in [0.15, 0.2) is 46.7 Å². The lowest BCUT2D eigenvalue weighted by molar-refractivity contribution is -0.694. The highest BCUT2D eigenvalue weighted by Crippen LogP contribution is 2.62. The second-order valence-corrected chi connectivity index (χ2v) is 12.5. The monoisotopic (exact) mass is 534 g/mol. The van der Waals surface area contributed by atoms with Crippen molar-refractivity contribution >= 4 is 18.0 Å². The van der Waals surface area contributed by atoms with Crippen LogP contribution < -0.4 is 0 Å². The van der Waals surface area contributed by atoms with Gasteiger partial charge in [-0.25, -0.2) is 14.1 Å². The summed E-state index contributed by atoms with van der Waals surface area (Å²) in [5, 5.41) is 0. The van der Waals surface area contributed by atoms with Crippen LogP contribution in [0.2, 0.25) is 0 Å². The third kappa shape index (κ3) is 3.69. The van der Waals surface area contributed by atoms with Crippen molar-refractivity contribution in [3.63, 3.8) is 0 Å². The standard InChI is InChI=1S/C30H40N5O4/c1-20-31-26-18-32(28(36)38-2)12-11-27(26)35(20)19-30(35)13-23-9-10-24(14-30)34(23)16-22-15-33(29(37)39-3)17-25(22)21-7-5-4-6-8-21/h4-8,22-25H,9-19H2,1-3H3/q+1/t22-,23-,24+,25-,30?,35?/m1/s1. The number of piperidine rings is 1. The minimum Gasteiger partial charge on any atom is -0.453 e. The van der Waals surface area contributed by atoms with Gasteiger partial charge in [-0.15, -0.1) is 0 Å². The molecular formula is C30H40N5O4+. The number of amidine groups is 1. The summed E-state index contributed by atoms with van der Waals surface area (Å²) in [4.78, 5) is 36.2. The molecule has 6 heterocycles. The van der Waals surface area contributed by atoms with Crippen molar-refractivity contribution in [1.29, 1.82) is 0 Å². The van der Waals surface area contributed by atoms with E-state index in [1.807, 2.05) is 4.90 Å². The molecule has 1 aromatic carbocycles. The summed E-state index contributed by atoms with van der Waals surface area (Å²) in [7, 11) is 2.93. The Balaban J connectivity index is 1.09. The lowest BCUT2D eigenvalue weighted by atomic mass is 9.85. The Labute approximate surface area is 230 Å². The lowest BCUT2D eigenvalue weighted by Crippen LogP contribution is -2.53. The fraction of sp³-hybridized carbons (Fsp3) is 0.633. The van der Waals surface area contributed by atoms with Crippen LogP contribution in [0.25, 0.3) is 0 Å². The van der Waals surface area contributed by atoms with E-state index < -0.39 is 0 Å². The zero-order chi connectivity index (χ0) is 26.9. The molecule has 4 saturated heterocycles. The van der Waals surface area contributed by atoms with E-state index in [2.05, 4.69) is 42.2 Å². The highest BCUT2D eigenvalue weighted by molar-refractivity contribution is 5.80. The van der Waals surface area contributed by atoms with Crippen LogP contribution in [0, 0.1) is 5.92 Å². The summed E-state index contributed by atoms with van der Waals surface area (Å²) in [6.07, 6.45) is 5.34. The molecule has 208 valence electrons. The molecule has 2 spiro atoms. The fourth-order valence-corrected chi connectivity index (χ4v) is 9.09. The van der Waals surface area contributed by atoms with Crippen LogP contribution >= 0.6 is 0 Å². The van der Waals surface area contributed by atoms with Gasteiger partial charge in [0, 0.05) is 70.4 Å². The van der Waals surface area contributed by atoms with Gasteiger partial charge in [0.1, 0.15) is 17.9 Å². The molecule has 7 rings (SSSR count). The van der Waals surface area contributed by atoms with Crippen molar-refractivity contribution in [3.8, 4) is 0 Å². The van der Waals surface area contributed by atoms with Crippen LogP contribution in [0.1, 0.15) is 50.5 Å². The van der Waals surface area contributed by atoms with Crippen LogP contribution in [-0.4, -0.2) is 108 Å². The van der Waals surface area contributed by atoms with E-state index >= 15 is 0 Å². The molecule has 4 fully saturated rings. The van der Waals surface area contributed by atoms with Crippen molar-refractivity contribution in [3.05, 3.63) is 47.3 Å². The van der Waals surface area contributed by atoms with Gasteiger partial charge in [-0.3, -0.25) is 4.90 Å². The maximum Gasteiger partial charge on any atom is 0.409 e. The summed E-state index contributed by atoms with van der Waals surface area (Å²) in [5.74, 6) is 1.95. The van der Waals surface area contributed by atoms with Gasteiger partial charge in [-0.05, 0) is 24.3 Å². The van der Waals surface area contributed by atoms with Crippen LogP contribution in [-0.2, 0) is 9.47 Å². The number of amides is 2. The van der Waals surface area contributed by atoms with Gasteiger partial charge in [0.15, 0.2) is 5.54 Å². The summed E-state index contributed by atoms with van der Waals surface area (Å²) in [6, 6.07) is 11.9. The third-order valence-corrected chi connectivity index (χ3v) is 10.8. The smallest absolute Gasteiger partial charge is 0.409 e. The third-order valence-electron chi connectivity index (χ3n) is 10.8. The van der Waals surface area contributed by atoms with Crippen molar-refractivity contribution in [2.75, 3.05) is 53.5 Å². The van der Waals surface area contributed by atoms with Crippen molar-refractivity contribution in [1.82, 2.24) is 14.7 Å². The molecule has 0 saturated carbocycles. The molecule has 1 aromatic rings. The van der Waals surface area contributed by atoms with E-state index in [9.17, 15) is 9.59 Å². The highest BCUT2D eigenvalue weighted by atomic mass is 16.5. The maximum atomic E-state index is 12.5. The average Bonchev–Trinajstić information content (AvgIpc) is 3.13. The van der Waals surface area contributed by atoms with Gasteiger partial charge in [0.2, 0.25) is 5.84 Å². The van der Waals surface area contributed by atoms with Crippen molar-refractivity contribution in [2.45, 2.75) is 62.6 Å². The molecule has 2 bridgehead atoms. The molecular weight excluding hydrogens is 494 g/mol. The van der Waals surface area contributed by atoms with Gasteiger partial charge < -0.3 is 19.3 Å². The number of rotatable bonds is 3. The first-order chi connectivity index (χ1) is 18.9. The predicted octanol–water partition coefficient (Wildman–Crippen LogP) is 3.78. The summed E-state index contributed by atoms with van der Waals surface area (Å²) >= 11 is 0. The number of likely N-dealkylation sites (tertiary alicyclic amines) is 1. The molecule has 0 aliphatic carbocycles. The van der Waals surface area contributed by atoms with Gasteiger partial charge >= 0.3 is 12.2 Å². The second kappa shape index (κ2) is 9.06. The minimum atomic E-state index is -0.258. The topological polar surface area (TPSA) is 74.7 Å². The molecule has 2 amide bonds. The van der Waals surface area contributed by atoms with E-state index in [1.165, 1.54) is 57.0 Å². The number of nitrogens with zero attached hydrogens (tertiary/aromatic N) is 5. The quantitative estimate of drug-likeness (QED) is 0.436. The summed E-state index contributed by atoms with van der Waals surface area (Å²) in [6.45, 7) is 7.15. The summed E-state index contributed by atoms with van der Waals surface area (Å²) in [5.41, 5.74) is 4.13. The Hall–Kier alpha value is -2.91. The van der Waals surface area contributed by atoms with Gasteiger partial charge in [-0.2, -0.15) is 4.99 Å². The van der Waals surface area contributed by atoms with E-state index in [0.717, 1.165) is 42.8 Å². The number of carbonyl (C=O) groups is 2. The second-order valence-electron chi connectivity index (χ2n) is 12.5. The van der Waals surface area contributed by atoms with Gasteiger partial charge in [0.05, 0.1) is 20.8 Å². The van der Waals surface area contributed by atoms with E-state index in [4.69, 9.17) is 14.5 Å². The van der Waals surface area contributed by atoms with Gasteiger partial charge in [-0.1, -0.05) is 30.3 Å². The first kappa shape index (κ1) is 25.1.